The van der Waals surface area contributed by atoms with Gasteiger partial charge in [0.15, 0.2) is 0 Å². The molecule has 0 aliphatic heterocycles. The van der Waals surface area contributed by atoms with Crippen LogP contribution in [0.25, 0.3) is 0 Å². The average Bonchev–Trinajstić information content (AvgIpc) is 2.12. The molecule has 0 saturated carbocycles. The molecule has 2 unspecified atom stereocenters. The molecule has 13 heavy (non-hydrogen) atoms. The molecule has 2 atom stereocenters. The third kappa shape index (κ3) is 3.77. The Morgan fingerprint density at radius 2 is 2.08 bits per heavy atom. The van der Waals surface area contributed by atoms with Crippen LogP contribution in [-0.4, -0.2) is 23.3 Å². The van der Waals surface area contributed by atoms with Gasteiger partial charge in [-0.25, -0.2) is 0 Å². The van der Waals surface area contributed by atoms with Crippen LogP contribution in [0.3, 0.4) is 0 Å². The summed E-state index contributed by atoms with van der Waals surface area (Å²) in [5.74, 6) is -0.766. The standard InChI is InChI=1S/C10H20O3/c1-5-7-13-9(11)8(3)10(4,12)6-2/h8,12H,5-7H2,1-4H3. The van der Waals surface area contributed by atoms with Gasteiger partial charge in [-0.2, -0.15) is 0 Å². The van der Waals surface area contributed by atoms with Crippen molar-refractivity contribution in [2.24, 2.45) is 5.92 Å². The Bertz CT molecular complexity index is 164. The van der Waals surface area contributed by atoms with Gasteiger partial charge < -0.3 is 9.84 Å². The molecule has 0 radical (unpaired) electrons. The van der Waals surface area contributed by atoms with E-state index in [-0.39, 0.29) is 5.97 Å². The van der Waals surface area contributed by atoms with Gasteiger partial charge in [0.05, 0.1) is 18.1 Å². The lowest BCUT2D eigenvalue weighted by Gasteiger charge is -2.27. The van der Waals surface area contributed by atoms with Crippen LogP contribution < -0.4 is 0 Å². The van der Waals surface area contributed by atoms with E-state index in [2.05, 4.69) is 0 Å². The summed E-state index contributed by atoms with van der Waals surface area (Å²) in [6.07, 6.45) is 1.36. The van der Waals surface area contributed by atoms with Gasteiger partial charge in [-0.15, -0.1) is 0 Å². The van der Waals surface area contributed by atoms with E-state index in [1.807, 2.05) is 13.8 Å². The van der Waals surface area contributed by atoms with Crippen LogP contribution in [0, 0.1) is 5.92 Å². The molecule has 0 rings (SSSR count). The predicted octanol–water partition coefficient (Wildman–Crippen LogP) is 1.74. The summed E-state index contributed by atoms with van der Waals surface area (Å²) in [5, 5.41) is 9.76. The first kappa shape index (κ1) is 12.4. The predicted molar refractivity (Wildman–Crippen MR) is 51.3 cm³/mol. The van der Waals surface area contributed by atoms with Crippen molar-refractivity contribution in [3.8, 4) is 0 Å². The smallest absolute Gasteiger partial charge is 0.311 e. The summed E-state index contributed by atoms with van der Waals surface area (Å²) in [6, 6.07) is 0. The van der Waals surface area contributed by atoms with E-state index < -0.39 is 11.5 Å². The van der Waals surface area contributed by atoms with Crippen molar-refractivity contribution in [1.82, 2.24) is 0 Å². The number of rotatable bonds is 5. The maximum Gasteiger partial charge on any atom is 0.311 e. The molecule has 0 heterocycles. The van der Waals surface area contributed by atoms with Gasteiger partial charge in [0.2, 0.25) is 0 Å². The largest absolute Gasteiger partial charge is 0.465 e. The maximum atomic E-state index is 11.3. The highest BCUT2D eigenvalue weighted by atomic mass is 16.5. The molecule has 0 bridgehead atoms. The van der Waals surface area contributed by atoms with Gasteiger partial charge >= 0.3 is 5.97 Å². The zero-order chi connectivity index (χ0) is 10.5. The van der Waals surface area contributed by atoms with Crippen LogP contribution in [0.15, 0.2) is 0 Å². The normalized spacial score (nSPS) is 17.6. The summed E-state index contributed by atoms with van der Waals surface area (Å²) in [7, 11) is 0. The van der Waals surface area contributed by atoms with E-state index in [0.29, 0.717) is 13.0 Å². The highest BCUT2D eigenvalue weighted by molar-refractivity contribution is 5.73. The molecule has 0 aliphatic carbocycles. The molecule has 3 heteroatoms. The van der Waals surface area contributed by atoms with Crippen molar-refractivity contribution in [2.45, 2.75) is 46.1 Å². The number of carbonyl (C=O) groups excluding carboxylic acids is 1. The van der Waals surface area contributed by atoms with Crippen LogP contribution in [0.2, 0.25) is 0 Å². The molecule has 0 spiro atoms. The number of esters is 1. The molecule has 0 aromatic carbocycles. The molecule has 1 N–H and O–H groups in total. The number of hydrogen-bond acceptors (Lipinski definition) is 3. The summed E-state index contributed by atoms with van der Waals surface area (Å²) in [5.41, 5.74) is -0.954. The van der Waals surface area contributed by atoms with Crippen molar-refractivity contribution >= 4 is 5.97 Å². The Kier molecular flexibility index (Phi) is 4.99. The van der Waals surface area contributed by atoms with Crippen molar-refractivity contribution in [3.05, 3.63) is 0 Å². The zero-order valence-electron chi connectivity index (χ0n) is 8.96. The lowest BCUT2D eigenvalue weighted by molar-refractivity contribution is -0.156. The average molecular weight is 188 g/mol. The van der Waals surface area contributed by atoms with E-state index in [1.54, 1.807) is 13.8 Å². The Morgan fingerprint density at radius 1 is 1.54 bits per heavy atom. The molecule has 0 aliphatic rings. The lowest BCUT2D eigenvalue weighted by atomic mass is 9.88. The van der Waals surface area contributed by atoms with Crippen molar-refractivity contribution in [3.63, 3.8) is 0 Å². The van der Waals surface area contributed by atoms with Crippen LogP contribution in [0.4, 0.5) is 0 Å². The van der Waals surface area contributed by atoms with Crippen molar-refractivity contribution < 1.29 is 14.6 Å². The van der Waals surface area contributed by atoms with Crippen molar-refractivity contribution in [2.75, 3.05) is 6.61 Å². The molecule has 78 valence electrons. The molecule has 0 aromatic heterocycles. The molecule has 0 saturated heterocycles. The zero-order valence-corrected chi connectivity index (χ0v) is 8.96. The second kappa shape index (κ2) is 5.22. The number of carbonyl (C=O) groups is 1. The highest BCUT2D eigenvalue weighted by Crippen LogP contribution is 2.21. The second-order valence-corrected chi connectivity index (χ2v) is 3.60. The molecular weight excluding hydrogens is 168 g/mol. The lowest BCUT2D eigenvalue weighted by Crippen LogP contribution is -2.38. The summed E-state index contributed by atoms with van der Waals surface area (Å²) in [4.78, 5) is 11.3. The third-order valence-electron chi connectivity index (χ3n) is 2.45. The molecule has 0 aromatic rings. The number of ether oxygens (including phenoxy) is 1. The second-order valence-electron chi connectivity index (χ2n) is 3.60. The van der Waals surface area contributed by atoms with Crippen LogP contribution in [0.5, 0.6) is 0 Å². The fourth-order valence-electron chi connectivity index (χ4n) is 0.888. The summed E-state index contributed by atoms with van der Waals surface area (Å²) < 4.78 is 4.94. The highest BCUT2D eigenvalue weighted by Gasteiger charge is 2.32. The minimum absolute atomic E-state index is 0.311. The van der Waals surface area contributed by atoms with Crippen LogP contribution >= 0.6 is 0 Å². The van der Waals surface area contributed by atoms with E-state index in [0.717, 1.165) is 6.42 Å². The van der Waals surface area contributed by atoms with Gasteiger partial charge in [-0.1, -0.05) is 13.8 Å². The van der Waals surface area contributed by atoms with Gasteiger partial charge in [0.25, 0.3) is 0 Å². The molecule has 3 nitrogen and oxygen atoms in total. The van der Waals surface area contributed by atoms with Crippen LogP contribution in [0.1, 0.15) is 40.5 Å². The Morgan fingerprint density at radius 3 is 2.46 bits per heavy atom. The Labute approximate surface area is 80.1 Å². The van der Waals surface area contributed by atoms with Crippen LogP contribution in [-0.2, 0) is 9.53 Å². The molecular formula is C10H20O3. The minimum Gasteiger partial charge on any atom is -0.465 e. The van der Waals surface area contributed by atoms with E-state index in [1.165, 1.54) is 0 Å². The topological polar surface area (TPSA) is 46.5 Å². The van der Waals surface area contributed by atoms with Crippen molar-refractivity contribution in [1.29, 1.82) is 0 Å². The summed E-state index contributed by atoms with van der Waals surface area (Å²) >= 11 is 0. The van der Waals surface area contributed by atoms with E-state index in [4.69, 9.17) is 4.74 Å². The molecule has 0 fully saturated rings. The number of hydrogen-bond donors (Lipinski definition) is 1. The Balaban J connectivity index is 4.09. The van der Waals surface area contributed by atoms with Gasteiger partial charge in [0.1, 0.15) is 0 Å². The maximum absolute atomic E-state index is 11.3. The first-order valence-corrected chi connectivity index (χ1v) is 4.84. The quantitative estimate of drug-likeness (QED) is 0.668. The monoisotopic (exact) mass is 188 g/mol. The summed E-state index contributed by atoms with van der Waals surface area (Å²) in [6.45, 7) is 7.58. The molecule has 0 amide bonds. The van der Waals surface area contributed by atoms with E-state index >= 15 is 0 Å². The fourth-order valence-corrected chi connectivity index (χ4v) is 0.888. The van der Waals surface area contributed by atoms with Gasteiger partial charge in [0, 0.05) is 0 Å². The first-order chi connectivity index (χ1) is 5.95. The minimum atomic E-state index is -0.954. The fraction of sp³-hybridized carbons (Fsp3) is 0.900. The third-order valence-corrected chi connectivity index (χ3v) is 2.45. The van der Waals surface area contributed by atoms with E-state index in [9.17, 15) is 9.90 Å². The SMILES string of the molecule is CCCOC(=O)C(C)C(C)(O)CC. The first-order valence-electron chi connectivity index (χ1n) is 4.84. The number of aliphatic hydroxyl groups is 1. The van der Waals surface area contributed by atoms with Gasteiger partial charge in [-0.05, 0) is 26.7 Å². The van der Waals surface area contributed by atoms with Gasteiger partial charge in [-0.3, -0.25) is 4.79 Å². The Hall–Kier alpha value is -0.570.